The molecule has 2 atom stereocenters. The SMILES string of the molecule is CC(C)Cc1nc([C@@]23CCC[C@@H]2CN(C(=O)c2cccs2)C3)no1. The zero-order valence-corrected chi connectivity index (χ0v) is 15.0. The van der Waals surface area contributed by atoms with Crippen molar-refractivity contribution in [1.29, 1.82) is 0 Å². The number of carbonyl (C=O) groups is 1. The first kappa shape index (κ1) is 15.8. The van der Waals surface area contributed by atoms with Crippen molar-refractivity contribution in [3.8, 4) is 0 Å². The summed E-state index contributed by atoms with van der Waals surface area (Å²) in [5, 5.41) is 6.28. The van der Waals surface area contributed by atoms with Gasteiger partial charge in [0.05, 0.1) is 10.3 Å². The Bertz CT molecular complexity index is 724. The molecule has 24 heavy (non-hydrogen) atoms. The molecule has 1 aliphatic carbocycles. The van der Waals surface area contributed by atoms with Gasteiger partial charge < -0.3 is 9.42 Å². The van der Waals surface area contributed by atoms with Crippen LogP contribution < -0.4 is 0 Å². The van der Waals surface area contributed by atoms with Crippen molar-refractivity contribution >= 4 is 17.2 Å². The van der Waals surface area contributed by atoms with Gasteiger partial charge in [0.25, 0.3) is 5.91 Å². The summed E-state index contributed by atoms with van der Waals surface area (Å²) >= 11 is 1.51. The normalized spacial score (nSPS) is 26.3. The summed E-state index contributed by atoms with van der Waals surface area (Å²) in [5.74, 6) is 2.64. The molecule has 0 bridgehead atoms. The fraction of sp³-hybridized carbons (Fsp3) is 0.611. The topological polar surface area (TPSA) is 59.2 Å². The molecular weight excluding hydrogens is 322 g/mol. The van der Waals surface area contributed by atoms with Gasteiger partial charge in [-0.3, -0.25) is 4.79 Å². The molecule has 1 amide bonds. The van der Waals surface area contributed by atoms with Gasteiger partial charge >= 0.3 is 0 Å². The van der Waals surface area contributed by atoms with Crippen LogP contribution in [0.5, 0.6) is 0 Å². The van der Waals surface area contributed by atoms with Gasteiger partial charge in [0, 0.05) is 19.5 Å². The molecule has 1 saturated carbocycles. The molecule has 0 N–H and O–H groups in total. The van der Waals surface area contributed by atoms with Gasteiger partial charge in [-0.25, -0.2) is 0 Å². The maximum Gasteiger partial charge on any atom is 0.263 e. The first-order valence-corrected chi connectivity index (χ1v) is 9.62. The van der Waals surface area contributed by atoms with Crippen LogP contribution >= 0.6 is 11.3 Å². The smallest absolute Gasteiger partial charge is 0.263 e. The predicted octanol–water partition coefficient (Wildman–Crippen LogP) is 3.52. The van der Waals surface area contributed by atoms with Crippen LogP contribution in [0.15, 0.2) is 22.0 Å². The fourth-order valence-corrected chi connectivity index (χ4v) is 4.95. The van der Waals surface area contributed by atoms with Crippen LogP contribution in [-0.2, 0) is 11.8 Å². The van der Waals surface area contributed by atoms with Crippen LogP contribution in [0.25, 0.3) is 0 Å². The van der Waals surface area contributed by atoms with E-state index in [4.69, 9.17) is 9.51 Å². The van der Waals surface area contributed by atoms with Gasteiger partial charge in [0.1, 0.15) is 0 Å². The number of fused-ring (bicyclic) bond motifs is 1. The maximum absolute atomic E-state index is 12.7. The van der Waals surface area contributed by atoms with Crippen molar-refractivity contribution in [2.75, 3.05) is 13.1 Å². The highest BCUT2D eigenvalue weighted by Gasteiger charge is 2.54. The highest BCUT2D eigenvalue weighted by atomic mass is 32.1. The lowest BCUT2D eigenvalue weighted by Crippen LogP contribution is -2.35. The van der Waals surface area contributed by atoms with Crippen molar-refractivity contribution in [1.82, 2.24) is 15.0 Å². The fourth-order valence-electron chi connectivity index (χ4n) is 4.25. The molecular formula is C18H23N3O2S. The van der Waals surface area contributed by atoms with Crippen LogP contribution in [-0.4, -0.2) is 34.0 Å². The van der Waals surface area contributed by atoms with Crippen LogP contribution in [0.2, 0.25) is 0 Å². The van der Waals surface area contributed by atoms with E-state index in [1.807, 2.05) is 22.4 Å². The molecule has 1 saturated heterocycles. The second-order valence-corrected chi connectivity index (χ2v) is 8.47. The highest BCUT2D eigenvalue weighted by molar-refractivity contribution is 7.12. The molecule has 5 nitrogen and oxygen atoms in total. The number of likely N-dealkylation sites (tertiary alicyclic amines) is 1. The van der Waals surface area contributed by atoms with Crippen LogP contribution in [0, 0.1) is 11.8 Å². The Labute approximate surface area is 146 Å². The minimum absolute atomic E-state index is 0.106. The van der Waals surface area contributed by atoms with E-state index in [1.54, 1.807) is 0 Å². The molecule has 2 aliphatic rings. The summed E-state index contributed by atoms with van der Waals surface area (Å²) in [4.78, 5) is 20.3. The monoisotopic (exact) mass is 345 g/mol. The molecule has 0 radical (unpaired) electrons. The zero-order chi connectivity index (χ0) is 16.7. The second kappa shape index (κ2) is 5.99. The Morgan fingerprint density at radius 3 is 3.17 bits per heavy atom. The van der Waals surface area contributed by atoms with E-state index in [1.165, 1.54) is 17.8 Å². The Hall–Kier alpha value is -1.69. The molecule has 2 aromatic heterocycles. The number of nitrogens with zero attached hydrogens (tertiary/aromatic N) is 3. The Morgan fingerprint density at radius 2 is 2.42 bits per heavy atom. The number of rotatable bonds is 4. The molecule has 4 rings (SSSR count). The lowest BCUT2D eigenvalue weighted by molar-refractivity contribution is 0.0781. The van der Waals surface area contributed by atoms with E-state index in [0.717, 1.165) is 48.9 Å². The quantitative estimate of drug-likeness (QED) is 0.850. The Kier molecular flexibility index (Phi) is 3.95. The summed E-state index contributed by atoms with van der Waals surface area (Å²) in [7, 11) is 0. The molecule has 3 heterocycles. The second-order valence-electron chi connectivity index (χ2n) is 7.52. The molecule has 0 unspecified atom stereocenters. The minimum atomic E-state index is -0.106. The first-order valence-electron chi connectivity index (χ1n) is 8.74. The van der Waals surface area contributed by atoms with Gasteiger partial charge in [0.2, 0.25) is 5.89 Å². The molecule has 1 aliphatic heterocycles. The largest absolute Gasteiger partial charge is 0.339 e. The highest BCUT2D eigenvalue weighted by Crippen LogP contribution is 2.49. The van der Waals surface area contributed by atoms with Gasteiger partial charge in [-0.2, -0.15) is 4.98 Å². The van der Waals surface area contributed by atoms with Crippen molar-refractivity contribution in [3.05, 3.63) is 34.1 Å². The lowest BCUT2D eigenvalue weighted by Gasteiger charge is -2.24. The third kappa shape index (κ3) is 2.57. The van der Waals surface area contributed by atoms with Crippen LogP contribution in [0.1, 0.15) is 54.5 Å². The van der Waals surface area contributed by atoms with E-state index >= 15 is 0 Å². The first-order chi connectivity index (χ1) is 11.6. The van der Waals surface area contributed by atoms with E-state index in [9.17, 15) is 4.79 Å². The molecule has 128 valence electrons. The van der Waals surface area contributed by atoms with E-state index in [-0.39, 0.29) is 11.3 Å². The van der Waals surface area contributed by atoms with Crippen LogP contribution in [0.3, 0.4) is 0 Å². The lowest BCUT2D eigenvalue weighted by atomic mass is 9.80. The number of thiophene rings is 1. The number of amides is 1. The minimum Gasteiger partial charge on any atom is -0.339 e. The van der Waals surface area contributed by atoms with Gasteiger partial charge in [-0.05, 0) is 36.1 Å². The summed E-state index contributed by atoms with van der Waals surface area (Å²) in [6, 6.07) is 3.84. The van der Waals surface area contributed by atoms with Crippen molar-refractivity contribution in [2.24, 2.45) is 11.8 Å². The van der Waals surface area contributed by atoms with Crippen molar-refractivity contribution in [2.45, 2.75) is 44.9 Å². The van der Waals surface area contributed by atoms with Gasteiger partial charge in [-0.15, -0.1) is 11.3 Å². The van der Waals surface area contributed by atoms with E-state index < -0.39 is 0 Å². The number of hydrogen-bond acceptors (Lipinski definition) is 5. The standard InChI is InChI=1S/C18H23N3O2S/c1-12(2)9-15-19-17(20-23-15)18-7-3-5-13(18)10-21(11-18)16(22)14-6-4-8-24-14/h4,6,8,12-13H,3,5,7,9-11H2,1-2H3/t13-,18-/m1/s1. The summed E-state index contributed by atoms with van der Waals surface area (Å²) in [6.07, 6.45) is 4.18. The van der Waals surface area contributed by atoms with E-state index in [0.29, 0.717) is 11.8 Å². The van der Waals surface area contributed by atoms with Gasteiger partial charge in [0.15, 0.2) is 5.82 Å². The zero-order valence-electron chi connectivity index (χ0n) is 14.2. The molecule has 6 heteroatoms. The van der Waals surface area contributed by atoms with E-state index in [2.05, 4.69) is 19.0 Å². The summed E-state index contributed by atoms with van der Waals surface area (Å²) in [6.45, 7) is 5.83. The number of carbonyl (C=O) groups excluding carboxylic acids is 1. The molecule has 2 aromatic rings. The molecule has 0 spiro atoms. The number of aromatic nitrogens is 2. The predicted molar refractivity (Wildman–Crippen MR) is 92.1 cm³/mol. The third-order valence-electron chi connectivity index (χ3n) is 5.39. The summed E-state index contributed by atoms with van der Waals surface area (Å²) < 4.78 is 5.50. The molecule has 0 aromatic carbocycles. The van der Waals surface area contributed by atoms with Gasteiger partial charge in [-0.1, -0.05) is 31.5 Å². The molecule has 2 fully saturated rings. The third-order valence-corrected chi connectivity index (χ3v) is 6.24. The Morgan fingerprint density at radius 1 is 1.54 bits per heavy atom. The summed E-state index contributed by atoms with van der Waals surface area (Å²) in [5.41, 5.74) is -0.106. The Balaban J connectivity index is 1.59. The average molecular weight is 345 g/mol. The van der Waals surface area contributed by atoms with Crippen LogP contribution in [0.4, 0.5) is 0 Å². The number of hydrogen-bond donors (Lipinski definition) is 0. The van der Waals surface area contributed by atoms with Crippen molar-refractivity contribution < 1.29 is 9.32 Å². The van der Waals surface area contributed by atoms with Crippen molar-refractivity contribution in [3.63, 3.8) is 0 Å². The average Bonchev–Trinajstić information content (AvgIpc) is 3.29. The maximum atomic E-state index is 12.7.